The first-order valence-electron chi connectivity index (χ1n) is 6.00. The highest BCUT2D eigenvalue weighted by Crippen LogP contribution is 2.29. The summed E-state index contributed by atoms with van der Waals surface area (Å²) in [6.07, 6.45) is 2.91. The Morgan fingerprint density at radius 2 is 2.17 bits per heavy atom. The SMILES string of the molecule is O=C(NCC1CCC(Cl)C1)c1cc(O)ccc1O. The number of aromatic hydroxyl groups is 2. The van der Waals surface area contributed by atoms with Crippen molar-refractivity contribution in [2.45, 2.75) is 24.6 Å². The number of phenolic OH excluding ortho intramolecular Hbond substituents is 2. The molecule has 18 heavy (non-hydrogen) atoms. The van der Waals surface area contributed by atoms with Gasteiger partial charge in [0.25, 0.3) is 5.91 Å². The van der Waals surface area contributed by atoms with E-state index in [0.29, 0.717) is 12.5 Å². The Kier molecular flexibility index (Phi) is 3.97. The molecular weight excluding hydrogens is 254 g/mol. The maximum Gasteiger partial charge on any atom is 0.255 e. The summed E-state index contributed by atoms with van der Waals surface area (Å²) in [4.78, 5) is 11.8. The van der Waals surface area contributed by atoms with Crippen LogP contribution >= 0.6 is 11.6 Å². The molecule has 0 radical (unpaired) electrons. The van der Waals surface area contributed by atoms with Crippen LogP contribution in [0, 0.1) is 5.92 Å². The Bertz CT molecular complexity index is 450. The highest BCUT2D eigenvalue weighted by Gasteiger charge is 2.23. The van der Waals surface area contributed by atoms with Crippen molar-refractivity contribution in [3.8, 4) is 11.5 Å². The minimum Gasteiger partial charge on any atom is -0.508 e. The molecule has 1 aromatic rings. The van der Waals surface area contributed by atoms with Crippen molar-refractivity contribution in [1.82, 2.24) is 5.32 Å². The highest BCUT2D eigenvalue weighted by atomic mass is 35.5. The molecule has 1 aliphatic rings. The van der Waals surface area contributed by atoms with Gasteiger partial charge in [0.15, 0.2) is 0 Å². The molecule has 1 aromatic carbocycles. The van der Waals surface area contributed by atoms with Crippen molar-refractivity contribution in [2.24, 2.45) is 5.92 Å². The zero-order valence-corrected chi connectivity index (χ0v) is 10.7. The fourth-order valence-electron chi connectivity index (χ4n) is 2.24. The molecule has 3 N–H and O–H groups in total. The van der Waals surface area contributed by atoms with Crippen LogP contribution in [-0.2, 0) is 0 Å². The lowest BCUT2D eigenvalue weighted by molar-refractivity contribution is 0.0944. The van der Waals surface area contributed by atoms with Crippen LogP contribution in [0.3, 0.4) is 0 Å². The first kappa shape index (κ1) is 13.0. The Hall–Kier alpha value is -1.42. The third kappa shape index (κ3) is 3.07. The van der Waals surface area contributed by atoms with Gasteiger partial charge in [0.2, 0.25) is 0 Å². The van der Waals surface area contributed by atoms with E-state index in [0.717, 1.165) is 19.3 Å². The average molecular weight is 270 g/mol. The molecule has 1 amide bonds. The maximum absolute atomic E-state index is 11.8. The summed E-state index contributed by atoms with van der Waals surface area (Å²) in [6.45, 7) is 0.553. The lowest BCUT2D eigenvalue weighted by atomic mass is 10.1. The molecule has 4 nitrogen and oxygen atoms in total. The van der Waals surface area contributed by atoms with Crippen LogP contribution in [0.1, 0.15) is 29.6 Å². The minimum atomic E-state index is -0.374. The molecule has 1 saturated carbocycles. The Morgan fingerprint density at radius 3 is 2.83 bits per heavy atom. The largest absolute Gasteiger partial charge is 0.508 e. The van der Waals surface area contributed by atoms with Crippen LogP contribution in [0.2, 0.25) is 0 Å². The molecular formula is C13H16ClNO3. The van der Waals surface area contributed by atoms with Crippen molar-refractivity contribution < 1.29 is 15.0 Å². The lowest BCUT2D eigenvalue weighted by Crippen LogP contribution is -2.28. The molecule has 0 aliphatic heterocycles. The zero-order valence-electron chi connectivity index (χ0n) is 9.90. The molecule has 5 heteroatoms. The fraction of sp³-hybridized carbons (Fsp3) is 0.462. The van der Waals surface area contributed by atoms with Gasteiger partial charge in [-0.15, -0.1) is 11.6 Å². The Balaban J connectivity index is 1.93. The van der Waals surface area contributed by atoms with Crippen molar-refractivity contribution in [3.63, 3.8) is 0 Å². The molecule has 2 atom stereocenters. The summed E-state index contributed by atoms with van der Waals surface area (Å²) in [5, 5.41) is 21.8. The van der Waals surface area contributed by atoms with Gasteiger partial charge in [0.05, 0.1) is 5.56 Å². The topological polar surface area (TPSA) is 69.6 Å². The summed E-state index contributed by atoms with van der Waals surface area (Å²) in [5.41, 5.74) is 0.0930. The monoisotopic (exact) mass is 269 g/mol. The number of halogens is 1. The zero-order chi connectivity index (χ0) is 13.1. The van der Waals surface area contributed by atoms with Gasteiger partial charge >= 0.3 is 0 Å². The van der Waals surface area contributed by atoms with E-state index >= 15 is 0 Å². The first-order chi connectivity index (χ1) is 8.56. The van der Waals surface area contributed by atoms with Gasteiger partial charge in [-0.2, -0.15) is 0 Å². The number of carbonyl (C=O) groups is 1. The molecule has 0 saturated heterocycles. The maximum atomic E-state index is 11.8. The quantitative estimate of drug-likeness (QED) is 0.582. The third-order valence-electron chi connectivity index (χ3n) is 3.25. The molecule has 0 aromatic heterocycles. The van der Waals surface area contributed by atoms with Crippen LogP contribution in [0.15, 0.2) is 18.2 Å². The summed E-state index contributed by atoms with van der Waals surface area (Å²) < 4.78 is 0. The van der Waals surface area contributed by atoms with E-state index in [-0.39, 0.29) is 28.3 Å². The van der Waals surface area contributed by atoms with Crippen molar-refractivity contribution in [1.29, 1.82) is 0 Å². The number of hydrogen-bond donors (Lipinski definition) is 3. The van der Waals surface area contributed by atoms with Crippen LogP contribution in [0.4, 0.5) is 0 Å². The standard InChI is InChI=1S/C13H16ClNO3/c14-9-2-1-8(5-9)7-15-13(18)11-6-10(16)3-4-12(11)17/h3-4,6,8-9,16-17H,1-2,5,7H2,(H,15,18). The van der Waals surface area contributed by atoms with E-state index in [2.05, 4.69) is 5.32 Å². The van der Waals surface area contributed by atoms with E-state index in [1.807, 2.05) is 0 Å². The van der Waals surface area contributed by atoms with E-state index < -0.39 is 0 Å². The molecule has 1 fully saturated rings. The van der Waals surface area contributed by atoms with Gasteiger partial charge in [0, 0.05) is 11.9 Å². The number of alkyl halides is 1. The van der Waals surface area contributed by atoms with Gasteiger partial charge in [0.1, 0.15) is 11.5 Å². The number of nitrogens with one attached hydrogen (secondary N) is 1. The second-order valence-corrected chi connectivity index (χ2v) is 5.31. The van der Waals surface area contributed by atoms with E-state index in [1.54, 1.807) is 0 Å². The third-order valence-corrected chi connectivity index (χ3v) is 3.65. The van der Waals surface area contributed by atoms with E-state index in [4.69, 9.17) is 11.6 Å². The molecule has 0 heterocycles. The molecule has 98 valence electrons. The minimum absolute atomic E-state index is 0.0420. The number of rotatable bonds is 3. The number of amides is 1. The van der Waals surface area contributed by atoms with Crippen molar-refractivity contribution in [2.75, 3.05) is 6.54 Å². The summed E-state index contributed by atoms with van der Waals surface area (Å²) >= 11 is 6.00. The van der Waals surface area contributed by atoms with Gasteiger partial charge in [-0.25, -0.2) is 0 Å². The normalized spacial score (nSPS) is 22.9. The first-order valence-corrected chi connectivity index (χ1v) is 6.44. The number of benzene rings is 1. The Morgan fingerprint density at radius 1 is 1.39 bits per heavy atom. The van der Waals surface area contributed by atoms with Gasteiger partial charge in [-0.3, -0.25) is 4.79 Å². The predicted octanol–water partition coefficient (Wildman–Crippen LogP) is 2.24. The molecule has 0 spiro atoms. The predicted molar refractivity (Wildman–Crippen MR) is 69.1 cm³/mol. The summed E-state index contributed by atoms with van der Waals surface area (Å²) in [7, 11) is 0. The lowest BCUT2D eigenvalue weighted by Gasteiger charge is -2.11. The summed E-state index contributed by atoms with van der Waals surface area (Å²) in [6, 6.07) is 3.89. The number of phenols is 2. The molecule has 2 rings (SSSR count). The number of carbonyl (C=O) groups excluding carboxylic acids is 1. The van der Waals surface area contributed by atoms with Crippen LogP contribution in [0.5, 0.6) is 11.5 Å². The van der Waals surface area contributed by atoms with E-state index in [1.165, 1.54) is 18.2 Å². The average Bonchev–Trinajstić information content (AvgIpc) is 2.75. The van der Waals surface area contributed by atoms with Gasteiger partial charge in [-0.1, -0.05) is 0 Å². The smallest absolute Gasteiger partial charge is 0.255 e. The van der Waals surface area contributed by atoms with Gasteiger partial charge in [-0.05, 0) is 43.4 Å². The Labute approximate surface area is 111 Å². The van der Waals surface area contributed by atoms with Crippen molar-refractivity contribution >= 4 is 17.5 Å². The molecule has 0 bridgehead atoms. The van der Waals surface area contributed by atoms with Gasteiger partial charge < -0.3 is 15.5 Å². The second kappa shape index (κ2) is 5.48. The van der Waals surface area contributed by atoms with Crippen molar-refractivity contribution in [3.05, 3.63) is 23.8 Å². The highest BCUT2D eigenvalue weighted by molar-refractivity contribution is 6.20. The van der Waals surface area contributed by atoms with Crippen LogP contribution < -0.4 is 5.32 Å². The molecule has 2 unspecified atom stereocenters. The van der Waals surface area contributed by atoms with E-state index in [9.17, 15) is 15.0 Å². The molecule has 1 aliphatic carbocycles. The summed E-state index contributed by atoms with van der Waals surface area (Å²) in [5.74, 6) is -0.149. The number of hydrogen-bond acceptors (Lipinski definition) is 3. The van der Waals surface area contributed by atoms with Crippen LogP contribution in [0.25, 0.3) is 0 Å². The second-order valence-electron chi connectivity index (χ2n) is 4.69. The van der Waals surface area contributed by atoms with Crippen LogP contribution in [-0.4, -0.2) is 28.0 Å². The fourth-order valence-corrected chi connectivity index (χ4v) is 2.62.